The van der Waals surface area contributed by atoms with Crippen LogP contribution in [0.4, 0.5) is 10.1 Å². The summed E-state index contributed by atoms with van der Waals surface area (Å²) in [6.07, 6.45) is 0. The Hall–Kier alpha value is -2.14. The number of sulfonamides is 1. The highest BCUT2D eigenvalue weighted by Crippen LogP contribution is 2.37. The first kappa shape index (κ1) is 25.5. The van der Waals surface area contributed by atoms with Crippen LogP contribution in [-0.4, -0.2) is 32.7 Å². The van der Waals surface area contributed by atoms with Gasteiger partial charge in [-0.15, -0.1) is 0 Å². The Balaban J connectivity index is 1.95. The normalized spacial score (nSPS) is 17.2. The van der Waals surface area contributed by atoms with Crippen LogP contribution in [-0.2, 0) is 35.5 Å². The van der Waals surface area contributed by atoms with Gasteiger partial charge >= 0.3 is 13.1 Å². The largest absolute Gasteiger partial charge is 0.497 e. The van der Waals surface area contributed by atoms with Crippen molar-refractivity contribution in [1.29, 1.82) is 0 Å². The highest BCUT2D eigenvalue weighted by atomic mass is 35.5. The van der Waals surface area contributed by atoms with E-state index in [0.29, 0.717) is 11.1 Å². The Bertz CT molecular complexity index is 1190. The van der Waals surface area contributed by atoms with Gasteiger partial charge in [0.05, 0.1) is 21.8 Å². The molecular weight excluding hydrogens is 472 g/mol. The maximum atomic E-state index is 15.4. The summed E-state index contributed by atoms with van der Waals surface area (Å²) in [7, 11) is -5.23. The predicted octanol–water partition coefficient (Wildman–Crippen LogP) is 3.95. The van der Waals surface area contributed by atoms with Gasteiger partial charge in [0.2, 0.25) is 0 Å². The van der Waals surface area contributed by atoms with Gasteiger partial charge in [-0.25, -0.2) is 12.8 Å². The number of ether oxygens (including phenoxy) is 1. The van der Waals surface area contributed by atoms with E-state index >= 15 is 4.39 Å². The molecule has 1 heterocycles. The number of hydrogen-bond acceptors (Lipinski definition) is 6. The van der Waals surface area contributed by atoms with Crippen molar-refractivity contribution in [3.8, 4) is 0 Å². The third-order valence-corrected chi connectivity index (χ3v) is 7.64. The summed E-state index contributed by atoms with van der Waals surface area (Å²) in [6, 6.07) is 7.07. The molecule has 1 N–H and O–H groups in total. The minimum atomic E-state index is -4.23. The maximum absolute atomic E-state index is 15.4. The molecule has 0 atom stereocenters. The van der Waals surface area contributed by atoms with Gasteiger partial charge in [-0.2, -0.15) is 0 Å². The van der Waals surface area contributed by atoms with Crippen molar-refractivity contribution in [2.24, 2.45) is 0 Å². The molecule has 1 saturated heterocycles. The van der Waals surface area contributed by atoms with Crippen LogP contribution in [0.3, 0.4) is 0 Å². The summed E-state index contributed by atoms with van der Waals surface area (Å²) in [4.78, 5) is 11.0. The molecule has 178 valence electrons. The van der Waals surface area contributed by atoms with Crippen LogP contribution in [0.5, 0.6) is 0 Å². The van der Waals surface area contributed by atoms with Gasteiger partial charge < -0.3 is 14.0 Å². The summed E-state index contributed by atoms with van der Waals surface area (Å²) in [5.74, 6) is -1.32. The number of esters is 1. The average molecular weight is 498 g/mol. The van der Waals surface area contributed by atoms with Crippen molar-refractivity contribution >= 4 is 45.9 Å². The molecule has 3 rings (SSSR count). The number of halogens is 2. The molecule has 0 unspecified atom stereocenters. The SMILES string of the molecule is CC(=O)OCc1cc(Cl)cc(S(=O)(=O)Nc2cccc(B3OC(C)(C)C(C)(C)O3)c2F)c1C. The second kappa shape index (κ2) is 8.90. The van der Waals surface area contributed by atoms with E-state index in [1.807, 2.05) is 27.7 Å². The van der Waals surface area contributed by atoms with Crippen molar-refractivity contribution in [3.63, 3.8) is 0 Å². The Morgan fingerprint density at radius 2 is 1.79 bits per heavy atom. The lowest BCUT2D eigenvalue weighted by molar-refractivity contribution is -0.142. The monoisotopic (exact) mass is 497 g/mol. The molecule has 0 aromatic heterocycles. The summed E-state index contributed by atoms with van der Waals surface area (Å²) in [5.41, 5.74) is -0.804. The summed E-state index contributed by atoms with van der Waals surface area (Å²) in [5, 5.41) is 0.134. The average Bonchev–Trinajstić information content (AvgIpc) is 2.90. The molecule has 0 spiro atoms. The van der Waals surface area contributed by atoms with Gasteiger partial charge in [0.15, 0.2) is 0 Å². The molecule has 2 aromatic carbocycles. The van der Waals surface area contributed by atoms with Crippen molar-refractivity contribution in [1.82, 2.24) is 0 Å². The van der Waals surface area contributed by atoms with Crippen LogP contribution in [0.2, 0.25) is 5.02 Å². The Morgan fingerprint density at radius 1 is 1.18 bits per heavy atom. The zero-order chi connectivity index (χ0) is 24.8. The van der Waals surface area contributed by atoms with E-state index < -0.39 is 40.1 Å². The number of anilines is 1. The fourth-order valence-electron chi connectivity index (χ4n) is 3.30. The number of carbonyl (C=O) groups excluding carboxylic acids is 1. The smallest absolute Gasteiger partial charge is 0.461 e. The zero-order valence-corrected chi connectivity index (χ0v) is 20.9. The van der Waals surface area contributed by atoms with Crippen molar-refractivity contribution < 1.29 is 31.6 Å². The summed E-state index contributed by atoms with van der Waals surface area (Å²) < 4.78 is 60.7. The quantitative estimate of drug-likeness (QED) is 0.480. The molecule has 1 fully saturated rings. The van der Waals surface area contributed by atoms with Crippen molar-refractivity contribution in [2.45, 2.75) is 64.2 Å². The standard InChI is InChI=1S/C22H26BClFNO6S/c1-13-15(12-30-14(2)27)10-16(24)11-19(13)33(28,29)26-18-9-7-8-17(20(18)25)23-31-21(3,4)22(5,6)32-23/h7-11,26H,12H2,1-6H3. The zero-order valence-electron chi connectivity index (χ0n) is 19.3. The lowest BCUT2D eigenvalue weighted by Gasteiger charge is -2.32. The lowest BCUT2D eigenvalue weighted by Crippen LogP contribution is -2.41. The molecule has 2 aromatic rings. The first-order valence-electron chi connectivity index (χ1n) is 10.2. The van der Waals surface area contributed by atoms with Crippen LogP contribution in [0.25, 0.3) is 0 Å². The number of hydrogen-bond donors (Lipinski definition) is 1. The lowest BCUT2D eigenvalue weighted by atomic mass is 9.78. The Morgan fingerprint density at radius 3 is 2.36 bits per heavy atom. The van der Waals surface area contributed by atoms with Crippen LogP contribution in [0.15, 0.2) is 35.2 Å². The topological polar surface area (TPSA) is 90.9 Å². The predicted molar refractivity (Wildman–Crippen MR) is 125 cm³/mol. The first-order valence-corrected chi connectivity index (χ1v) is 12.1. The van der Waals surface area contributed by atoms with Gasteiger partial charge in [-0.05, 0) is 63.9 Å². The van der Waals surface area contributed by atoms with E-state index in [-0.39, 0.29) is 27.7 Å². The van der Waals surface area contributed by atoms with Gasteiger partial charge in [0, 0.05) is 17.4 Å². The van der Waals surface area contributed by atoms with E-state index in [1.54, 1.807) is 6.92 Å². The molecule has 33 heavy (non-hydrogen) atoms. The molecule has 7 nitrogen and oxygen atoms in total. The molecule has 11 heteroatoms. The van der Waals surface area contributed by atoms with Crippen LogP contribution in [0, 0.1) is 12.7 Å². The second-order valence-electron chi connectivity index (χ2n) is 8.87. The summed E-state index contributed by atoms with van der Waals surface area (Å²) >= 11 is 6.10. The number of carbonyl (C=O) groups is 1. The van der Waals surface area contributed by atoms with Crippen molar-refractivity contribution in [2.75, 3.05) is 4.72 Å². The summed E-state index contributed by atoms with van der Waals surface area (Å²) in [6.45, 7) is 10.0. The number of rotatable bonds is 6. The Kier molecular flexibility index (Phi) is 6.88. The van der Waals surface area contributed by atoms with Crippen LogP contribution >= 0.6 is 11.6 Å². The van der Waals surface area contributed by atoms with E-state index in [0.717, 1.165) is 0 Å². The highest BCUT2D eigenvalue weighted by Gasteiger charge is 2.52. The molecule has 0 radical (unpaired) electrons. The van der Waals surface area contributed by atoms with Gasteiger partial charge in [0.25, 0.3) is 10.0 Å². The van der Waals surface area contributed by atoms with Gasteiger partial charge in [-0.1, -0.05) is 23.7 Å². The molecule has 0 saturated carbocycles. The third kappa shape index (κ3) is 5.19. The van der Waals surface area contributed by atoms with Gasteiger partial charge in [-0.3, -0.25) is 9.52 Å². The minimum absolute atomic E-state index is 0.0761. The van der Waals surface area contributed by atoms with Crippen LogP contribution in [0.1, 0.15) is 45.7 Å². The fourth-order valence-corrected chi connectivity index (χ4v) is 4.98. The number of nitrogens with one attached hydrogen (secondary N) is 1. The van der Waals surface area contributed by atoms with E-state index in [4.69, 9.17) is 25.6 Å². The first-order chi connectivity index (χ1) is 15.1. The number of benzene rings is 2. The second-order valence-corrected chi connectivity index (χ2v) is 11.0. The van der Waals surface area contributed by atoms with E-state index in [1.165, 1.54) is 37.3 Å². The molecule has 0 bridgehead atoms. The highest BCUT2D eigenvalue weighted by molar-refractivity contribution is 7.92. The molecule has 0 amide bonds. The van der Waals surface area contributed by atoms with E-state index in [9.17, 15) is 13.2 Å². The molecule has 0 aliphatic carbocycles. The molecule has 1 aliphatic rings. The fraction of sp³-hybridized carbons (Fsp3) is 0.409. The minimum Gasteiger partial charge on any atom is -0.461 e. The van der Waals surface area contributed by atoms with Gasteiger partial charge in [0.1, 0.15) is 12.4 Å². The van der Waals surface area contributed by atoms with Crippen molar-refractivity contribution in [3.05, 3.63) is 52.3 Å². The molecule has 1 aliphatic heterocycles. The van der Waals surface area contributed by atoms with Crippen LogP contribution < -0.4 is 10.2 Å². The Labute approximate surface area is 198 Å². The third-order valence-electron chi connectivity index (χ3n) is 5.93. The maximum Gasteiger partial charge on any atom is 0.497 e. The van der Waals surface area contributed by atoms with E-state index in [2.05, 4.69) is 4.72 Å². The molecular formula is C22H26BClFNO6S.